The highest BCUT2D eigenvalue weighted by atomic mass is 19.1. The fourth-order valence-electron chi connectivity index (χ4n) is 6.63. The number of aromatic nitrogens is 1. The second kappa shape index (κ2) is 23.7. The van der Waals surface area contributed by atoms with E-state index in [1.54, 1.807) is 60.7 Å². The number of benzene rings is 5. The fraction of sp³-hybridized carbons (Fsp3) is 0.235. The summed E-state index contributed by atoms with van der Waals surface area (Å²) in [5.41, 5.74) is 1.44. The lowest BCUT2D eigenvalue weighted by Gasteiger charge is -2.11. The minimum atomic E-state index is -0.692. The van der Waals surface area contributed by atoms with Crippen LogP contribution in [0.2, 0.25) is 0 Å². The molecule has 6 aromatic rings. The number of ether oxygens (including phenoxy) is 6. The van der Waals surface area contributed by atoms with Crippen LogP contribution in [0.3, 0.4) is 0 Å². The molecule has 0 aliphatic heterocycles. The number of nitrogens with zero attached hydrogens (tertiary/aromatic N) is 2. The summed E-state index contributed by atoms with van der Waals surface area (Å²) in [6, 6.07) is 25.7. The van der Waals surface area contributed by atoms with Crippen molar-refractivity contribution in [1.82, 2.24) is 4.68 Å². The minimum absolute atomic E-state index is 0.0638. The Morgan fingerprint density at radius 1 is 0.523 bits per heavy atom. The van der Waals surface area contributed by atoms with E-state index >= 15 is 0 Å². The van der Waals surface area contributed by atoms with Crippen LogP contribution in [0.15, 0.2) is 134 Å². The Morgan fingerprint density at radius 3 is 1.45 bits per heavy atom. The number of carbonyl (C=O) groups excluding carboxylic acids is 4. The number of hydrogen-bond donors (Lipinski definition) is 0. The average Bonchev–Trinajstić information content (AvgIpc) is 3.61. The Kier molecular flexibility index (Phi) is 17.1. The Hall–Kier alpha value is -7.61. The van der Waals surface area contributed by atoms with Gasteiger partial charge >= 0.3 is 23.9 Å². The number of rotatable bonds is 24. The van der Waals surface area contributed by atoms with Crippen LogP contribution in [0.1, 0.15) is 77.6 Å². The number of unbranched alkanes of at least 4 members (excludes halogenated alkanes) is 6. The highest BCUT2D eigenvalue weighted by Gasteiger charge is 2.17. The quantitative estimate of drug-likeness (QED) is 0.0190. The number of fused-ring (bicyclic) bond motifs is 3. The molecule has 0 unspecified atom stereocenters. The van der Waals surface area contributed by atoms with Crippen molar-refractivity contribution in [2.24, 2.45) is 5.10 Å². The maximum Gasteiger partial charge on any atom is 0.343 e. The topological polar surface area (TPSA) is 141 Å². The maximum atomic E-state index is 14.5. The van der Waals surface area contributed by atoms with E-state index in [1.807, 2.05) is 0 Å². The van der Waals surface area contributed by atoms with E-state index in [-0.39, 0.29) is 28.2 Å². The molecule has 0 atom stereocenters. The molecule has 0 saturated heterocycles. The van der Waals surface area contributed by atoms with Gasteiger partial charge < -0.3 is 28.4 Å². The molecular weight excluding hydrogens is 839 g/mol. The zero-order valence-corrected chi connectivity index (χ0v) is 35.7. The summed E-state index contributed by atoms with van der Waals surface area (Å²) >= 11 is 0. The normalized spacial score (nSPS) is 11.0. The lowest BCUT2D eigenvalue weighted by molar-refractivity contribution is -0.138. The second-order valence-corrected chi connectivity index (χ2v) is 14.7. The van der Waals surface area contributed by atoms with E-state index in [0.29, 0.717) is 59.7 Å². The van der Waals surface area contributed by atoms with Crippen molar-refractivity contribution in [2.75, 3.05) is 26.4 Å². The molecule has 1 aromatic heterocycles. The van der Waals surface area contributed by atoms with Crippen LogP contribution in [0.25, 0.3) is 21.8 Å². The van der Waals surface area contributed by atoms with E-state index in [4.69, 9.17) is 28.4 Å². The molecule has 5 aromatic carbocycles. The zero-order chi connectivity index (χ0) is 46.0. The molecule has 0 radical (unpaired) electrons. The molecule has 14 heteroatoms. The van der Waals surface area contributed by atoms with E-state index in [9.17, 15) is 28.0 Å². The van der Waals surface area contributed by atoms with Crippen molar-refractivity contribution >= 4 is 51.9 Å². The molecule has 0 saturated carbocycles. The smallest absolute Gasteiger partial charge is 0.343 e. The SMILES string of the molecule is C=CC(=O)OCCCCCCOc1ccc(C(=O)Oc2ccc(OC(=O)c3ccc(OCCCCCCOC(=O)C=C)cc3)c(/C=N/n3c4cc(F)ccc4c4ccc(F)cc43)c2)cc1. The molecule has 6 rings (SSSR count). The Bertz CT molecular complexity index is 2600. The van der Waals surface area contributed by atoms with Gasteiger partial charge in [0.25, 0.3) is 0 Å². The first-order valence-corrected chi connectivity index (χ1v) is 21.2. The van der Waals surface area contributed by atoms with Gasteiger partial charge in [-0.3, -0.25) is 0 Å². The minimum Gasteiger partial charge on any atom is -0.494 e. The van der Waals surface area contributed by atoms with Crippen LogP contribution in [0.4, 0.5) is 8.78 Å². The van der Waals surface area contributed by atoms with Crippen LogP contribution in [-0.2, 0) is 19.1 Å². The van der Waals surface area contributed by atoms with Gasteiger partial charge in [0.15, 0.2) is 0 Å². The molecule has 0 bridgehead atoms. The van der Waals surface area contributed by atoms with E-state index in [2.05, 4.69) is 18.3 Å². The van der Waals surface area contributed by atoms with Gasteiger partial charge in [-0.25, -0.2) is 32.6 Å². The Balaban J connectivity index is 1.12. The first kappa shape index (κ1) is 46.9. The number of halogens is 2. The van der Waals surface area contributed by atoms with Gasteiger partial charge in [0.2, 0.25) is 0 Å². The standard InChI is InChI=1S/C51H48F2N2O10/c1-3-48(56)62-29-11-7-5-9-27-60-40-19-13-35(14-20-40)50(58)64-42-23-26-47(65-51(59)36-15-21-41(22-16-36)61-28-10-6-8-12-30-63-49(57)4-2)37(31-42)34-54-55-45-32-38(52)17-24-43(45)44-25-18-39(53)33-46(44)55/h3-4,13-26,31-34H,1-2,5-12,27-30H2/b54-34+. The number of esters is 4. The second-order valence-electron chi connectivity index (χ2n) is 14.7. The number of hydrogen-bond acceptors (Lipinski definition) is 11. The first-order valence-electron chi connectivity index (χ1n) is 21.2. The van der Waals surface area contributed by atoms with Crippen LogP contribution in [-0.4, -0.2) is 61.2 Å². The molecule has 0 aliphatic rings. The van der Waals surface area contributed by atoms with Crippen LogP contribution in [0.5, 0.6) is 23.0 Å². The fourth-order valence-corrected chi connectivity index (χ4v) is 6.63. The van der Waals surface area contributed by atoms with Crippen molar-refractivity contribution < 1.29 is 56.4 Å². The first-order chi connectivity index (χ1) is 31.6. The molecule has 336 valence electrons. The average molecular weight is 887 g/mol. The van der Waals surface area contributed by atoms with Crippen LogP contribution >= 0.6 is 0 Å². The molecule has 0 spiro atoms. The van der Waals surface area contributed by atoms with Gasteiger partial charge in [0.1, 0.15) is 34.6 Å². The van der Waals surface area contributed by atoms with Gasteiger partial charge in [-0.15, -0.1) is 0 Å². The Morgan fingerprint density at radius 2 is 0.969 bits per heavy atom. The molecule has 0 amide bonds. The molecule has 0 fully saturated rings. The molecule has 0 N–H and O–H groups in total. The Labute approximate surface area is 374 Å². The molecule has 1 heterocycles. The van der Waals surface area contributed by atoms with Gasteiger partial charge in [0.05, 0.1) is 54.8 Å². The lowest BCUT2D eigenvalue weighted by atomic mass is 10.1. The third-order valence-electron chi connectivity index (χ3n) is 9.99. The van der Waals surface area contributed by atoms with E-state index < -0.39 is 35.5 Å². The van der Waals surface area contributed by atoms with Crippen molar-refractivity contribution in [3.63, 3.8) is 0 Å². The largest absolute Gasteiger partial charge is 0.494 e. The summed E-state index contributed by atoms with van der Waals surface area (Å²) in [6.45, 7) is 8.36. The maximum absolute atomic E-state index is 14.5. The monoisotopic (exact) mass is 886 g/mol. The van der Waals surface area contributed by atoms with Crippen molar-refractivity contribution in [3.8, 4) is 23.0 Å². The van der Waals surface area contributed by atoms with Crippen LogP contribution < -0.4 is 18.9 Å². The highest BCUT2D eigenvalue weighted by Crippen LogP contribution is 2.31. The van der Waals surface area contributed by atoms with E-state index in [1.165, 1.54) is 53.4 Å². The van der Waals surface area contributed by atoms with Crippen molar-refractivity contribution in [1.29, 1.82) is 0 Å². The summed E-state index contributed by atoms with van der Waals surface area (Å²) in [5.74, 6) is -1.95. The molecule has 12 nitrogen and oxygen atoms in total. The predicted molar refractivity (Wildman–Crippen MR) is 242 cm³/mol. The van der Waals surface area contributed by atoms with E-state index in [0.717, 1.165) is 63.5 Å². The van der Waals surface area contributed by atoms with Gasteiger partial charge in [0, 0.05) is 40.6 Å². The third-order valence-corrected chi connectivity index (χ3v) is 9.99. The van der Waals surface area contributed by atoms with Gasteiger partial charge in [-0.1, -0.05) is 13.2 Å². The highest BCUT2D eigenvalue weighted by molar-refractivity contribution is 6.08. The van der Waals surface area contributed by atoms with Crippen molar-refractivity contribution in [2.45, 2.75) is 51.4 Å². The summed E-state index contributed by atoms with van der Waals surface area (Å²) in [4.78, 5) is 49.1. The predicted octanol–water partition coefficient (Wildman–Crippen LogP) is 10.7. The molecule has 0 aliphatic carbocycles. The number of carbonyl (C=O) groups is 4. The third kappa shape index (κ3) is 13.7. The molecule has 65 heavy (non-hydrogen) atoms. The van der Waals surface area contributed by atoms with Gasteiger partial charge in [-0.05, 0) is 142 Å². The summed E-state index contributed by atoms with van der Waals surface area (Å²) in [5, 5.41) is 5.87. The van der Waals surface area contributed by atoms with Crippen molar-refractivity contribution in [3.05, 3.63) is 157 Å². The summed E-state index contributed by atoms with van der Waals surface area (Å²) in [7, 11) is 0. The zero-order valence-electron chi connectivity index (χ0n) is 35.7. The lowest BCUT2D eigenvalue weighted by Crippen LogP contribution is -2.11. The summed E-state index contributed by atoms with van der Waals surface area (Å²) < 4.78 is 63.6. The van der Waals surface area contributed by atoms with Crippen LogP contribution in [0, 0.1) is 11.6 Å². The molecular formula is C51H48F2N2O10. The van der Waals surface area contributed by atoms with Gasteiger partial charge in [-0.2, -0.15) is 5.10 Å². The summed E-state index contributed by atoms with van der Waals surface area (Å²) in [6.07, 6.45) is 10.2.